The third-order valence-corrected chi connectivity index (χ3v) is 8.07. The van der Waals surface area contributed by atoms with Crippen LogP contribution in [0.15, 0.2) is 109 Å². The molecule has 0 saturated carbocycles. The average Bonchev–Trinajstić information content (AvgIpc) is 3.32. The third-order valence-electron chi connectivity index (χ3n) is 6.82. The SMILES string of the molecule is Cc1ccccc1[C@@H](NC(=O)c1ccc([C@H]2SCC(=O)N2CCc2ccccc2)cc1)c1ccccc1. The van der Waals surface area contributed by atoms with Crippen molar-refractivity contribution in [3.8, 4) is 0 Å². The number of hydrogen-bond donors (Lipinski definition) is 1. The molecule has 0 spiro atoms. The summed E-state index contributed by atoms with van der Waals surface area (Å²) < 4.78 is 0. The van der Waals surface area contributed by atoms with E-state index >= 15 is 0 Å². The Morgan fingerprint density at radius 3 is 2.24 bits per heavy atom. The summed E-state index contributed by atoms with van der Waals surface area (Å²) >= 11 is 1.64. The van der Waals surface area contributed by atoms with E-state index in [9.17, 15) is 9.59 Å². The van der Waals surface area contributed by atoms with Crippen molar-refractivity contribution in [1.29, 1.82) is 0 Å². The predicted octanol–water partition coefficient (Wildman–Crippen LogP) is 6.33. The Labute approximate surface area is 222 Å². The lowest BCUT2D eigenvalue weighted by atomic mass is 9.94. The van der Waals surface area contributed by atoms with Crippen LogP contribution in [0.5, 0.6) is 0 Å². The molecule has 5 rings (SSSR count). The van der Waals surface area contributed by atoms with E-state index in [0.29, 0.717) is 17.9 Å². The maximum Gasteiger partial charge on any atom is 0.252 e. The summed E-state index contributed by atoms with van der Waals surface area (Å²) in [4.78, 5) is 27.9. The van der Waals surface area contributed by atoms with Crippen LogP contribution in [0.4, 0.5) is 0 Å². The third kappa shape index (κ3) is 5.78. The molecule has 1 aliphatic rings. The molecule has 4 aromatic rings. The molecule has 5 heteroatoms. The van der Waals surface area contributed by atoms with Crippen molar-refractivity contribution in [2.75, 3.05) is 12.3 Å². The number of benzene rings is 4. The van der Waals surface area contributed by atoms with Gasteiger partial charge in [-0.25, -0.2) is 0 Å². The second-order valence-corrected chi connectivity index (χ2v) is 10.4. The maximum absolute atomic E-state index is 13.3. The molecule has 4 nitrogen and oxygen atoms in total. The zero-order valence-corrected chi connectivity index (χ0v) is 21.7. The highest BCUT2D eigenvalue weighted by molar-refractivity contribution is 8.00. The summed E-state index contributed by atoms with van der Waals surface area (Å²) in [5.74, 6) is 0.521. The molecular weight excluding hydrogens is 476 g/mol. The van der Waals surface area contributed by atoms with Gasteiger partial charge in [0, 0.05) is 12.1 Å². The summed E-state index contributed by atoms with van der Waals surface area (Å²) in [5.41, 5.74) is 6.11. The molecule has 2 amide bonds. The number of nitrogens with zero attached hydrogens (tertiary/aromatic N) is 1. The van der Waals surface area contributed by atoms with Gasteiger partial charge in [-0.05, 0) is 53.3 Å². The quantitative estimate of drug-likeness (QED) is 0.304. The van der Waals surface area contributed by atoms with Gasteiger partial charge in [0.05, 0.1) is 11.8 Å². The van der Waals surface area contributed by atoms with Crippen molar-refractivity contribution in [2.45, 2.75) is 24.8 Å². The molecule has 1 aliphatic heterocycles. The molecule has 1 saturated heterocycles. The number of hydrogen-bond acceptors (Lipinski definition) is 3. The van der Waals surface area contributed by atoms with Gasteiger partial charge in [-0.3, -0.25) is 9.59 Å². The van der Waals surface area contributed by atoms with E-state index in [1.807, 2.05) is 89.8 Å². The topological polar surface area (TPSA) is 49.4 Å². The molecule has 1 N–H and O–H groups in total. The van der Waals surface area contributed by atoms with Crippen molar-refractivity contribution in [3.63, 3.8) is 0 Å². The van der Waals surface area contributed by atoms with Gasteiger partial charge in [-0.2, -0.15) is 0 Å². The molecule has 0 aromatic heterocycles. The van der Waals surface area contributed by atoms with Gasteiger partial charge in [0.15, 0.2) is 0 Å². The monoisotopic (exact) mass is 506 g/mol. The van der Waals surface area contributed by atoms with E-state index in [-0.39, 0.29) is 23.2 Å². The summed E-state index contributed by atoms with van der Waals surface area (Å²) in [7, 11) is 0. The molecule has 0 bridgehead atoms. The van der Waals surface area contributed by atoms with E-state index in [2.05, 4.69) is 36.5 Å². The Hall–Kier alpha value is -3.83. The fraction of sp³-hybridized carbons (Fsp3) is 0.188. The first-order valence-corrected chi connectivity index (χ1v) is 13.6. The van der Waals surface area contributed by atoms with Crippen molar-refractivity contribution < 1.29 is 9.59 Å². The van der Waals surface area contributed by atoms with Gasteiger partial charge >= 0.3 is 0 Å². The lowest BCUT2D eigenvalue weighted by Crippen LogP contribution is -2.31. The molecule has 0 radical (unpaired) electrons. The van der Waals surface area contributed by atoms with Crippen LogP contribution in [-0.4, -0.2) is 29.0 Å². The molecule has 0 aliphatic carbocycles. The van der Waals surface area contributed by atoms with E-state index in [1.54, 1.807) is 11.8 Å². The van der Waals surface area contributed by atoms with Crippen LogP contribution in [0.2, 0.25) is 0 Å². The van der Waals surface area contributed by atoms with Gasteiger partial charge in [0.25, 0.3) is 5.91 Å². The van der Waals surface area contributed by atoms with Crippen molar-refractivity contribution in [3.05, 3.63) is 143 Å². The minimum absolute atomic E-state index is 0.0302. The standard InChI is InChI=1S/C32H30N2O2S/c1-23-10-8-9-15-28(23)30(25-13-6-3-7-14-25)33-31(36)26-16-18-27(19-17-26)32-34(29(35)22-37-32)21-20-24-11-4-2-5-12-24/h2-19,30,32H,20-22H2,1H3,(H,33,36)/t30-,32+/m0/s1. The van der Waals surface area contributed by atoms with E-state index in [4.69, 9.17) is 0 Å². The highest BCUT2D eigenvalue weighted by Gasteiger charge is 2.32. The molecule has 4 aromatic carbocycles. The van der Waals surface area contributed by atoms with Crippen molar-refractivity contribution >= 4 is 23.6 Å². The average molecular weight is 507 g/mol. The number of aryl methyl sites for hydroxylation is 1. The largest absolute Gasteiger partial charge is 0.341 e. The minimum Gasteiger partial charge on any atom is -0.341 e. The first kappa shape index (κ1) is 24.8. The Morgan fingerprint density at radius 2 is 1.54 bits per heavy atom. The maximum atomic E-state index is 13.3. The molecule has 2 atom stereocenters. The number of nitrogens with one attached hydrogen (secondary N) is 1. The van der Waals surface area contributed by atoms with Gasteiger partial charge in [0.2, 0.25) is 5.91 Å². The molecule has 0 unspecified atom stereocenters. The summed E-state index contributed by atoms with van der Waals surface area (Å²) in [6.45, 7) is 2.74. The first-order valence-electron chi connectivity index (χ1n) is 12.6. The second-order valence-electron chi connectivity index (χ2n) is 9.28. The van der Waals surface area contributed by atoms with Crippen LogP contribution in [0, 0.1) is 6.92 Å². The summed E-state index contributed by atoms with van der Waals surface area (Å²) in [6.07, 6.45) is 0.823. The molecular formula is C32H30N2O2S. The first-order chi connectivity index (χ1) is 18.1. The Balaban J connectivity index is 1.31. The van der Waals surface area contributed by atoms with Crippen LogP contribution in [0.3, 0.4) is 0 Å². The minimum atomic E-state index is -0.244. The lowest BCUT2D eigenvalue weighted by molar-refractivity contribution is -0.128. The molecule has 37 heavy (non-hydrogen) atoms. The summed E-state index contributed by atoms with van der Waals surface area (Å²) in [5, 5.41) is 3.21. The van der Waals surface area contributed by atoms with Gasteiger partial charge < -0.3 is 10.2 Å². The van der Waals surface area contributed by atoms with Gasteiger partial charge in [-0.1, -0.05) is 97.1 Å². The number of rotatable bonds is 8. The number of thioether (sulfide) groups is 1. The number of amides is 2. The summed E-state index contributed by atoms with van der Waals surface area (Å²) in [6, 6.07) is 35.9. The van der Waals surface area contributed by atoms with E-state index in [0.717, 1.165) is 28.7 Å². The second kappa shape index (κ2) is 11.5. The fourth-order valence-corrected chi connectivity index (χ4v) is 6.00. The highest BCUT2D eigenvalue weighted by atomic mass is 32.2. The zero-order chi connectivity index (χ0) is 25.6. The van der Waals surface area contributed by atoms with Crippen LogP contribution in [-0.2, 0) is 11.2 Å². The van der Waals surface area contributed by atoms with E-state index in [1.165, 1.54) is 5.56 Å². The smallest absolute Gasteiger partial charge is 0.252 e. The van der Waals surface area contributed by atoms with Crippen LogP contribution in [0.25, 0.3) is 0 Å². The molecule has 186 valence electrons. The van der Waals surface area contributed by atoms with E-state index < -0.39 is 0 Å². The number of carbonyl (C=O) groups is 2. The van der Waals surface area contributed by atoms with Crippen molar-refractivity contribution in [1.82, 2.24) is 10.2 Å². The predicted molar refractivity (Wildman–Crippen MR) is 150 cm³/mol. The highest BCUT2D eigenvalue weighted by Crippen LogP contribution is 2.38. The Morgan fingerprint density at radius 1 is 0.892 bits per heavy atom. The number of carbonyl (C=O) groups excluding carboxylic acids is 2. The van der Waals surface area contributed by atoms with Gasteiger partial charge in [0.1, 0.15) is 5.37 Å². The normalized spacial score (nSPS) is 16.0. The van der Waals surface area contributed by atoms with Crippen molar-refractivity contribution in [2.24, 2.45) is 0 Å². The zero-order valence-electron chi connectivity index (χ0n) is 20.8. The van der Waals surface area contributed by atoms with Crippen LogP contribution in [0.1, 0.15) is 49.6 Å². The van der Waals surface area contributed by atoms with Crippen LogP contribution >= 0.6 is 11.8 Å². The van der Waals surface area contributed by atoms with Crippen LogP contribution < -0.4 is 5.32 Å². The van der Waals surface area contributed by atoms with Gasteiger partial charge in [-0.15, -0.1) is 11.8 Å². The Kier molecular flexibility index (Phi) is 7.71. The fourth-order valence-electron chi connectivity index (χ4n) is 4.78. The molecule has 1 heterocycles. The lowest BCUT2D eigenvalue weighted by Gasteiger charge is -2.25. The Bertz CT molecular complexity index is 1360. The molecule has 1 fully saturated rings.